The van der Waals surface area contributed by atoms with Crippen LogP contribution in [-0.2, 0) is 11.3 Å². The number of ether oxygens (including phenoxy) is 1. The van der Waals surface area contributed by atoms with Crippen molar-refractivity contribution >= 4 is 11.9 Å². The summed E-state index contributed by atoms with van der Waals surface area (Å²) in [4.78, 5) is 18.2. The Labute approximate surface area is 169 Å². The van der Waals surface area contributed by atoms with Crippen LogP contribution in [0.4, 0.5) is 0 Å². The number of guanidine groups is 1. The van der Waals surface area contributed by atoms with Crippen LogP contribution < -0.4 is 15.4 Å². The summed E-state index contributed by atoms with van der Waals surface area (Å²) in [5.41, 5.74) is 1.09. The fourth-order valence-electron chi connectivity index (χ4n) is 3.69. The van der Waals surface area contributed by atoms with Crippen molar-refractivity contribution in [1.29, 1.82) is 0 Å². The lowest BCUT2D eigenvalue weighted by atomic mass is 9.83. The minimum absolute atomic E-state index is 0.0368. The van der Waals surface area contributed by atoms with E-state index in [9.17, 15) is 4.79 Å². The molecule has 0 aromatic heterocycles. The van der Waals surface area contributed by atoms with Crippen molar-refractivity contribution in [3.05, 3.63) is 29.8 Å². The Morgan fingerprint density at radius 1 is 1.25 bits per heavy atom. The fraction of sp³-hybridized carbons (Fsp3) is 0.636. The predicted octanol–water partition coefficient (Wildman–Crippen LogP) is 3.04. The molecule has 1 aliphatic carbocycles. The molecule has 0 heterocycles. The Balaban J connectivity index is 1.82. The SMILES string of the molecule is CCNC(=O)COc1cccc(CNC(=NC)N(C)CC2CCC(C)CC2)c1. The van der Waals surface area contributed by atoms with E-state index in [2.05, 4.69) is 34.5 Å². The van der Waals surface area contributed by atoms with E-state index in [1.807, 2.05) is 38.2 Å². The monoisotopic (exact) mass is 388 g/mol. The van der Waals surface area contributed by atoms with E-state index < -0.39 is 0 Å². The molecule has 1 amide bonds. The number of nitrogens with zero attached hydrogens (tertiary/aromatic N) is 2. The molecule has 0 radical (unpaired) electrons. The van der Waals surface area contributed by atoms with Gasteiger partial charge in [0.1, 0.15) is 5.75 Å². The smallest absolute Gasteiger partial charge is 0.257 e. The Morgan fingerprint density at radius 3 is 2.68 bits per heavy atom. The van der Waals surface area contributed by atoms with Gasteiger partial charge < -0.3 is 20.3 Å². The molecule has 1 fully saturated rings. The van der Waals surface area contributed by atoms with Crippen molar-refractivity contribution < 1.29 is 9.53 Å². The van der Waals surface area contributed by atoms with Gasteiger partial charge in [0.15, 0.2) is 12.6 Å². The zero-order valence-corrected chi connectivity index (χ0v) is 17.8. The number of hydrogen-bond acceptors (Lipinski definition) is 3. The first kappa shape index (κ1) is 22.1. The molecular weight excluding hydrogens is 352 g/mol. The first-order valence-corrected chi connectivity index (χ1v) is 10.4. The van der Waals surface area contributed by atoms with E-state index in [0.717, 1.165) is 29.9 Å². The van der Waals surface area contributed by atoms with Gasteiger partial charge in [0.25, 0.3) is 5.91 Å². The van der Waals surface area contributed by atoms with Gasteiger partial charge >= 0.3 is 0 Å². The van der Waals surface area contributed by atoms with Gasteiger partial charge in [-0.3, -0.25) is 9.79 Å². The number of hydrogen-bond donors (Lipinski definition) is 2. The number of benzene rings is 1. The molecule has 2 N–H and O–H groups in total. The van der Waals surface area contributed by atoms with Crippen molar-refractivity contribution in [2.45, 2.75) is 46.1 Å². The van der Waals surface area contributed by atoms with Crippen LogP contribution in [0, 0.1) is 11.8 Å². The van der Waals surface area contributed by atoms with E-state index in [-0.39, 0.29) is 12.5 Å². The summed E-state index contributed by atoms with van der Waals surface area (Å²) in [5, 5.41) is 6.17. The zero-order valence-electron chi connectivity index (χ0n) is 17.8. The summed E-state index contributed by atoms with van der Waals surface area (Å²) in [7, 11) is 3.94. The van der Waals surface area contributed by atoms with Crippen molar-refractivity contribution in [3.8, 4) is 5.75 Å². The van der Waals surface area contributed by atoms with Gasteiger partial charge in [-0.2, -0.15) is 0 Å². The van der Waals surface area contributed by atoms with Gasteiger partial charge in [-0.1, -0.05) is 31.9 Å². The second-order valence-corrected chi connectivity index (χ2v) is 7.80. The summed E-state index contributed by atoms with van der Waals surface area (Å²) in [6.45, 7) is 6.60. The highest BCUT2D eigenvalue weighted by molar-refractivity contribution is 5.79. The summed E-state index contributed by atoms with van der Waals surface area (Å²) in [6.07, 6.45) is 5.31. The van der Waals surface area contributed by atoms with E-state index in [1.54, 1.807) is 0 Å². The standard InChI is InChI=1S/C22H36N4O2/c1-5-24-21(27)16-28-20-8-6-7-19(13-20)14-25-22(23-3)26(4)15-18-11-9-17(2)10-12-18/h6-8,13,17-18H,5,9-12,14-16H2,1-4H3,(H,23,25)(H,24,27). The van der Waals surface area contributed by atoms with Crippen molar-refractivity contribution in [2.75, 3.05) is 33.8 Å². The Morgan fingerprint density at radius 2 is 2.00 bits per heavy atom. The molecule has 0 saturated heterocycles. The van der Waals surface area contributed by atoms with Gasteiger partial charge in [-0.05, 0) is 49.3 Å². The van der Waals surface area contributed by atoms with E-state index >= 15 is 0 Å². The van der Waals surface area contributed by atoms with Gasteiger partial charge in [0, 0.05) is 33.7 Å². The van der Waals surface area contributed by atoms with Crippen LogP contribution >= 0.6 is 0 Å². The lowest BCUT2D eigenvalue weighted by Crippen LogP contribution is -2.41. The van der Waals surface area contributed by atoms with Crippen LogP contribution in [0.3, 0.4) is 0 Å². The molecule has 1 saturated carbocycles. The maximum Gasteiger partial charge on any atom is 0.257 e. The van der Waals surface area contributed by atoms with Crippen LogP contribution in [-0.4, -0.2) is 50.6 Å². The number of rotatable bonds is 8. The second kappa shape index (κ2) is 11.6. The maximum absolute atomic E-state index is 11.5. The quantitative estimate of drug-likeness (QED) is 0.531. The molecule has 0 aliphatic heterocycles. The number of carbonyl (C=O) groups excluding carboxylic acids is 1. The van der Waals surface area contributed by atoms with Crippen molar-refractivity contribution in [2.24, 2.45) is 16.8 Å². The van der Waals surface area contributed by atoms with E-state index in [1.165, 1.54) is 25.7 Å². The first-order valence-electron chi connectivity index (χ1n) is 10.4. The molecule has 156 valence electrons. The predicted molar refractivity (Wildman–Crippen MR) is 115 cm³/mol. The summed E-state index contributed by atoms with van der Waals surface area (Å²) in [5.74, 6) is 3.13. The van der Waals surface area contributed by atoms with Crippen LogP contribution in [0.15, 0.2) is 29.3 Å². The topological polar surface area (TPSA) is 66.0 Å². The second-order valence-electron chi connectivity index (χ2n) is 7.80. The van der Waals surface area contributed by atoms with Gasteiger partial charge in [-0.25, -0.2) is 0 Å². The molecular formula is C22H36N4O2. The molecule has 1 aliphatic rings. The normalized spacial score (nSPS) is 19.8. The minimum atomic E-state index is -0.106. The number of carbonyl (C=O) groups is 1. The average molecular weight is 389 g/mol. The Bertz CT molecular complexity index is 639. The molecule has 1 aromatic carbocycles. The third-order valence-electron chi connectivity index (χ3n) is 5.33. The highest BCUT2D eigenvalue weighted by Gasteiger charge is 2.20. The summed E-state index contributed by atoms with van der Waals surface area (Å²) >= 11 is 0. The van der Waals surface area contributed by atoms with Crippen molar-refractivity contribution in [1.82, 2.24) is 15.5 Å². The number of amides is 1. The molecule has 1 aromatic rings. The maximum atomic E-state index is 11.5. The Kier molecular flexibility index (Phi) is 9.11. The van der Waals surface area contributed by atoms with Gasteiger partial charge in [-0.15, -0.1) is 0 Å². The van der Waals surface area contributed by atoms with Gasteiger partial charge in [0.05, 0.1) is 0 Å². The van der Waals surface area contributed by atoms with Crippen LogP contribution in [0.1, 0.15) is 45.1 Å². The summed E-state index contributed by atoms with van der Waals surface area (Å²) in [6, 6.07) is 7.82. The van der Waals surface area contributed by atoms with Crippen LogP contribution in [0.2, 0.25) is 0 Å². The minimum Gasteiger partial charge on any atom is -0.484 e. The molecule has 0 atom stereocenters. The molecule has 2 rings (SSSR count). The zero-order chi connectivity index (χ0) is 20.4. The lowest BCUT2D eigenvalue weighted by molar-refractivity contribution is -0.122. The van der Waals surface area contributed by atoms with Crippen LogP contribution in [0.5, 0.6) is 5.75 Å². The van der Waals surface area contributed by atoms with Crippen molar-refractivity contribution in [3.63, 3.8) is 0 Å². The summed E-state index contributed by atoms with van der Waals surface area (Å²) < 4.78 is 5.57. The first-order chi connectivity index (χ1) is 13.5. The molecule has 6 heteroatoms. The highest BCUT2D eigenvalue weighted by Crippen LogP contribution is 2.28. The molecule has 6 nitrogen and oxygen atoms in total. The van der Waals surface area contributed by atoms with Gasteiger partial charge in [0.2, 0.25) is 0 Å². The van der Waals surface area contributed by atoms with Crippen LogP contribution in [0.25, 0.3) is 0 Å². The molecule has 0 bridgehead atoms. The van der Waals surface area contributed by atoms with E-state index in [0.29, 0.717) is 18.8 Å². The molecule has 0 spiro atoms. The fourth-order valence-corrected chi connectivity index (χ4v) is 3.69. The highest BCUT2D eigenvalue weighted by atomic mass is 16.5. The molecule has 0 unspecified atom stereocenters. The number of aliphatic imine (C=N–C) groups is 1. The molecule has 28 heavy (non-hydrogen) atoms. The number of likely N-dealkylation sites (N-methyl/N-ethyl adjacent to an activating group) is 1. The van der Waals surface area contributed by atoms with E-state index in [4.69, 9.17) is 4.74 Å². The third-order valence-corrected chi connectivity index (χ3v) is 5.33. The number of nitrogens with one attached hydrogen (secondary N) is 2. The third kappa shape index (κ3) is 7.41. The lowest BCUT2D eigenvalue weighted by Gasteiger charge is -2.31. The largest absolute Gasteiger partial charge is 0.484 e. The average Bonchev–Trinajstić information content (AvgIpc) is 2.69. The Hall–Kier alpha value is -2.24.